The number of aryl methyl sites for hydroxylation is 1. The fourth-order valence-electron chi connectivity index (χ4n) is 2.50. The Morgan fingerprint density at radius 2 is 2.26 bits per heavy atom. The molecule has 0 spiro atoms. The third-order valence-corrected chi connectivity index (χ3v) is 3.47. The van der Waals surface area contributed by atoms with E-state index in [1.165, 1.54) is 5.56 Å². The van der Waals surface area contributed by atoms with E-state index in [2.05, 4.69) is 22.5 Å². The number of aromatic nitrogens is 2. The minimum absolute atomic E-state index is 0.419. The van der Waals surface area contributed by atoms with E-state index in [4.69, 9.17) is 4.74 Å². The number of nitrogens with zero attached hydrogens (tertiary/aromatic N) is 2. The van der Waals surface area contributed by atoms with Gasteiger partial charge in [-0.2, -0.15) is 5.10 Å². The fraction of sp³-hybridized carbons (Fsp3) is 0.400. The Kier molecular flexibility index (Phi) is 3.79. The van der Waals surface area contributed by atoms with E-state index in [1.54, 1.807) is 0 Å². The molecule has 1 unspecified atom stereocenters. The summed E-state index contributed by atoms with van der Waals surface area (Å²) in [5, 5.41) is 7.82. The van der Waals surface area contributed by atoms with Gasteiger partial charge in [-0.1, -0.05) is 18.2 Å². The second kappa shape index (κ2) is 5.89. The molecular weight excluding hydrogens is 238 g/mol. The van der Waals surface area contributed by atoms with Gasteiger partial charge >= 0.3 is 0 Å². The van der Waals surface area contributed by atoms with Crippen molar-refractivity contribution in [2.24, 2.45) is 0 Å². The average molecular weight is 257 g/mol. The zero-order chi connectivity index (χ0) is 12.9. The number of benzene rings is 1. The summed E-state index contributed by atoms with van der Waals surface area (Å²) in [5.74, 6) is 1.03. The summed E-state index contributed by atoms with van der Waals surface area (Å²) in [6.45, 7) is 2.76. The van der Waals surface area contributed by atoms with Crippen molar-refractivity contribution >= 4 is 0 Å². The first kappa shape index (κ1) is 12.2. The smallest absolute Gasteiger partial charge is 0.124 e. The second-order valence-corrected chi connectivity index (χ2v) is 4.80. The van der Waals surface area contributed by atoms with Gasteiger partial charge in [0.1, 0.15) is 5.75 Å². The first-order valence-electron chi connectivity index (χ1n) is 6.86. The SMILES string of the molecule is c1ccc2c(c1)OCCC2NCCCn1cccn1. The van der Waals surface area contributed by atoms with E-state index in [-0.39, 0.29) is 0 Å². The Balaban J connectivity index is 1.51. The van der Waals surface area contributed by atoms with Gasteiger partial charge in [-0.3, -0.25) is 4.68 Å². The highest BCUT2D eigenvalue weighted by atomic mass is 16.5. The zero-order valence-corrected chi connectivity index (χ0v) is 11.0. The maximum atomic E-state index is 5.66. The van der Waals surface area contributed by atoms with Gasteiger partial charge in [0, 0.05) is 37.0 Å². The second-order valence-electron chi connectivity index (χ2n) is 4.80. The molecule has 1 atom stereocenters. The minimum atomic E-state index is 0.419. The molecule has 1 aliphatic rings. The first-order valence-corrected chi connectivity index (χ1v) is 6.86. The molecule has 0 radical (unpaired) electrons. The van der Waals surface area contributed by atoms with Crippen molar-refractivity contribution in [3.63, 3.8) is 0 Å². The third kappa shape index (κ3) is 2.96. The van der Waals surface area contributed by atoms with Gasteiger partial charge in [0.2, 0.25) is 0 Å². The summed E-state index contributed by atoms with van der Waals surface area (Å²) in [6.07, 6.45) is 5.95. The Labute approximate surface area is 113 Å². The molecule has 2 heterocycles. The predicted molar refractivity (Wildman–Crippen MR) is 74.1 cm³/mol. The third-order valence-electron chi connectivity index (χ3n) is 3.47. The molecule has 19 heavy (non-hydrogen) atoms. The summed E-state index contributed by atoms with van der Waals surface area (Å²) in [5.41, 5.74) is 1.29. The lowest BCUT2D eigenvalue weighted by molar-refractivity contribution is 0.252. The van der Waals surface area contributed by atoms with Crippen molar-refractivity contribution in [1.29, 1.82) is 0 Å². The van der Waals surface area contributed by atoms with E-state index < -0.39 is 0 Å². The molecule has 4 heteroatoms. The Morgan fingerprint density at radius 3 is 3.16 bits per heavy atom. The maximum Gasteiger partial charge on any atom is 0.124 e. The number of hydrogen-bond donors (Lipinski definition) is 1. The van der Waals surface area contributed by atoms with E-state index in [0.29, 0.717) is 6.04 Å². The summed E-state index contributed by atoms with van der Waals surface area (Å²) in [6, 6.07) is 10.7. The standard InChI is InChI=1S/C15H19N3O/c1-2-6-15-13(5-1)14(7-12-19-15)16-8-3-10-18-11-4-9-17-18/h1-2,4-6,9,11,14,16H,3,7-8,10,12H2. The quantitative estimate of drug-likeness (QED) is 0.836. The van der Waals surface area contributed by atoms with Crippen molar-refractivity contribution < 1.29 is 4.74 Å². The van der Waals surface area contributed by atoms with Crippen molar-refractivity contribution in [3.05, 3.63) is 48.3 Å². The van der Waals surface area contributed by atoms with E-state index >= 15 is 0 Å². The first-order chi connectivity index (χ1) is 9.43. The molecule has 3 rings (SSSR count). The summed E-state index contributed by atoms with van der Waals surface area (Å²) in [4.78, 5) is 0. The Morgan fingerprint density at radius 1 is 1.32 bits per heavy atom. The summed E-state index contributed by atoms with van der Waals surface area (Å²) in [7, 11) is 0. The van der Waals surface area contributed by atoms with Crippen LogP contribution in [0.1, 0.15) is 24.4 Å². The molecule has 0 bridgehead atoms. The highest BCUT2D eigenvalue weighted by Crippen LogP contribution is 2.31. The van der Waals surface area contributed by atoms with Crippen LogP contribution >= 0.6 is 0 Å². The van der Waals surface area contributed by atoms with E-state index in [9.17, 15) is 0 Å². The van der Waals surface area contributed by atoms with Crippen LogP contribution in [0.15, 0.2) is 42.7 Å². The molecule has 0 saturated carbocycles. The molecule has 1 aliphatic heterocycles. The molecule has 1 aromatic heterocycles. The number of ether oxygens (including phenoxy) is 1. The minimum Gasteiger partial charge on any atom is -0.493 e. The largest absolute Gasteiger partial charge is 0.493 e. The predicted octanol–water partition coefficient (Wildman–Crippen LogP) is 2.39. The molecule has 0 amide bonds. The molecule has 0 saturated heterocycles. The molecule has 0 fully saturated rings. The van der Waals surface area contributed by atoms with Crippen LogP contribution in [0, 0.1) is 0 Å². The summed E-state index contributed by atoms with van der Waals surface area (Å²) >= 11 is 0. The van der Waals surface area contributed by atoms with Crippen molar-refractivity contribution in [3.8, 4) is 5.75 Å². The van der Waals surface area contributed by atoms with Gasteiger partial charge in [-0.15, -0.1) is 0 Å². The fourth-order valence-corrected chi connectivity index (χ4v) is 2.50. The number of hydrogen-bond acceptors (Lipinski definition) is 3. The van der Waals surface area contributed by atoms with Crippen LogP contribution < -0.4 is 10.1 Å². The Hall–Kier alpha value is -1.81. The Bertz CT molecular complexity index is 510. The van der Waals surface area contributed by atoms with Crippen molar-refractivity contribution in [2.45, 2.75) is 25.4 Å². The number of nitrogens with one attached hydrogen (secondary N) is 1. The van der Waals surface area contributed by atoms with Gasteiger partial charge in [0.15, 0.2) is 0 Å². The highest BCUT2D eigenvalue weighted by Gasteiger charge is 2.19. The van der Waals surface area contributed by atoms with Crippen LogP contribution in [0.3, 0.4) is 0 Å². The van der Waals surface area contributed by atoms with Gasteiger partial charge in [-0.05, 0) is 25.1 Å². The van der Waals surface area contributed by atoms with E-state index in [0.717, 1.165) is 38.3 Å². The van der Waals surface area contributed by atoms with Crippen LogP contribution in [0.4, 0.5) is 0 Å². The van der Waals surface area contributed by atoms with Crippen LogP contribution in [-0.2, 0) is 6.54 Å². The normalized spacial score (nSPS) is 17.8. The van der Waals surface area contributed by atoms with Crippen molar-refractivity contribution in [2.75, 3.05) is 13.2 Å². The van der Waals surface area contributed by atoms with Gasteiger partial charge in [0.25, 0.3) is 0 Å². The number of para-hydroxylation sites is 1. The topological polar surface area (TPSA) is 39.1 Å². The molecule has 1 aromatic carbocycles. The lowest BCUT2D eigenvalue weighted by Crippen LogP contribution is -2.28. The lowest BCUT2D eigenvalue weighted by Gasteiger charge is -2.26. The molecule has 100 valence electrons. The van der Waals surface area contributed by atoms with Crippen molar-refractivity contribution in [1.82, 2.24) is 15.1 Å². The molecule has 4 nitrogen and oxygen atoms in total. The van der Waals surface area contributed by atoms with Crippen LogP contribution in [-0.4, -0.2) is 22.9 Å². The highest BCUT2D eigenvalue weighted by molar-refractivity contribution is 5.37. The van der Waals surface area contributed by atoms with Crippen LogP contribution in [0.2, 0.25) is 0 Å². The van der Waals surface area contributed by atoms with Gasteiger partial charge in [-0.25, -0.2) is 0 Å². The number of rotatable bonds is 5. The molecule has 2 aromatic rings. The molecule has 0 aliphatic carbocycles. The summed E-state index contributed by atoms with van der Waals surface area (Å²) < 4.78 is 7.64. The molecule has 1 N–H and O–H groups in total. The maximum absolute atomic E-state index is 5.66. The van der Waals surface area contributed by atoms with E-state index in [1.807, 2.05) is 35.3 Å². The monoisotopic (exact) mass is 257 g/mol. The zero-order valence-electron chi connectivity index (χ0n) is 11.0. The molecular formula is C15H19N3O. The van der Waals surface area contributed by atoms with Gasteiger partial charge in [0.05, 0.1) is 6.61 Å². The van der Waals surface area contributed by atoms with Crippen LogP contribution in [0.25, 0.3) is 0 Å². The van der Waals surface area contributed by atoms with Gasteiger partial charge < -0.3 is 10.1 Å². The lowest BCUT2D eigenvalue weighted by atomic mass is 10.0. The average Bonchev–Trinajstić information content (AvgIpc) is 2.97. The number of fused-ring (bicyclic) bond motifs is 1. The van der Waals surface area contributed by atoms with Crippen LogP contribution in [0.5, 0.6) is 5.75 Å².